The van der Waals surface area contributed by atoms with Gasteiger partial charge in [-0.15, -0.1) is 24.0 Å². The summed E-state index contributed by atoms with van der Waals surface area (Å²) in [5.74, 6) is 1.70. The van der Waals surface area contributed by atoms with Crippen LogP contribution in [0.3, 0.4) is 0 Å². The summed E-state index contributed by atoms with van der Waals surface area (Å²) in [6.07, 6.45) is 4.42. The molecule has 0 bridgehead atoms. The summed E-state index contributed by atoms with van der Waals surface area (Å²) < 4.78 is 6.90. The van der Waals surface area contributed by atoms with E-state index >= 15 is 0 Å². The number of hydrogen-bond acceptors (Lipinski definition) is 4. The van der Waals surface area contributed by atoms with E-state index in [1.54, 1.807) is 22.9 Å². The number of nitrogens with zero attached hydrogens (tertiary/aromatic N) is 5. The van der Waals surface area contributed by atoms with Gasteiger partial charge in [-0.1, -0.05) is 12.1 Å². The van der Waals surface area contributed by atoms with Gasteiger partial charge in [0.2, 0.25) is 5.91 Å². The van der Waals surface area contributed by atoms with Gasteiger partial charge >= 0.3 is 0 Å². The molecule has 2 aromatic rings. The Morgan fingerprint density at radius 3 is 2.62 bits per heavy atom. The topological polar surface area (TPSA) is 75.0 Å². The van der Waals surface area contributed by atoms with Crippen LogP contribution in [-0.4, -0.2) is 66.4 Å². The first-order valence-corrected chi connectivity index (χ1v) is 9.56. The summed E-state index contributed by atoms with van der Waals surface area (Å²) >= 11 is 0. The van der Waals surface area contributed by atoms with E-state index in [1.807, 2.05) is 37.2 Å². The minimum atomic E-state index is 0. The molecule has 29 heavy (non-hydrogen) atoms. The van der Waals surface area contributed by atoms with Gasteiger partial charge in [0.1, 0.15) is 12.3 Å². The molecule has 1 aromatic heterocycles. The third kappa shape index (κ3) is 6.09. The molecule has 1 amide bonds. The number of anilines is 1. The highest BCUT2D eigenvalue weighted by atomic mass is 127. The summed E-state index contributed by atoms with van der Waals surface area (Å²) in [4.78, 5) is 21.2. The highest BCUT2D eigenvalue weighted by molar-refractivity contribution is 14.0. The van der Waals surface area contributed by atoms with E-state index in [0.717, 1.165) is 36.9 Å². The Labute approximate surface area is 188 Å². The van der Waals surface area contributed by atoms with Crippen molar-refractivity contribution in [2.24, 2.45) is 12.0 Å². The summed E-state index contributed by atoms with van der Waals surface area (Å²) in [5.41, 5.74) is 2.05. The monoisotopic (exact) mass is 512 g/mol. The van der Waals surface area contributed by atoms with Crippen LogP contribution in [0, 0.1) is 0 Å². The third-order valence-corrected chi connectivity index (χ3v) is 4.68. The number of aromatic nitrogens is 2. The van der Waals surface area contributed by atoms with Crippen molar-refractivity contribution in [3.63, 3.8) is 0 Å². The van der Waals surface area contributed by atoms with Gasteiger partial charge in [-0.3, -0.25) is 14.5 Å². The molecule has 1 aliphatic heterocycles. The van der Waals surface area contributed by atoms with E-state index in [2.05, 4.69) is 22.5 Å². The van der Waals surface area contributed by atoms with Crippen LogP contribution in [-0.2, 0) is 18.3 Å². The van der Waals surface area contributed by atoms with E-state index < -0.39 is 0 Å². The predicted molar refractivity (Wildman–Crippen MR) is 125 cm³/mol. The molecular weight excluding hydrogens is 483 g/mol. The zero-order valence-electron chi connectivity index (χ0n) is 17.2. The Hall–Kier alpha value is -2.30. The van der Waals surface area contributed by atoms with Gasteiger partial charge in [0.05, 0.1) is 19.0 Å². The Balaban J connectivity index is 0.00000300. The largest absolute Gasteiger partial charge is 0.497 e. The minimum absolute atomic E-state index is 0. The number of hydrogen-bond donors (Lipinski definition) is 1. The highest BCUT2D eigenvalue weighted by Crippen LogP contribution is 2.16. The van der Waals surface area contributed by atoms with Crippen LogP contribution in [0.4, 0.5) is 5.69 Å². The zero-order chi connectivity index (χ0) is 19.9. The highest BCUT2D eigenvalue weighted by Gasteiger charge is 2.27. The Morgan fingerprint density at radius 1 is 1.28 bits per heavy atom. The number of piperazine rings is 1. The second-order valence-corrected chi connectivity index (χ2v) is 6.67. The number of methoxy groups -OCH3 is 1. The van der Waals surface area contributed by atoms with Crippen LogP contribution in [0.15, 0.2) is 41.7 Å². The number of carbonyl (C=O) groups is 1. The van der Waals surface area contributed by atoms with Crippen LogP contribution in [0.1, 0.15) is 12.5 Å². The van der Waals surface area contributed by atoms with E-state index in [4.69, 9.17) is 9.73 Å². The fraction of sp³-hybridized carbons (Fsp3) is 0.450. The van der Waals surface area contributed by atoms with Gasteiger partial charge < -0.3 is 19.9 Å². The second kappa shape index (κ2) is 11.0. The number of amides is 1. The molecule has 8 nitrogen and oxygen atoms in total. The number of benzene rings is 1. The second-order valence-electron chi connectivity index (χ2n) is 6.67. The molecule has 1 fully saturated rings. The van der Waals surface area contributed by atoms with Gasteiger partial charge in [-0.2, -0.15) is 5.10 Å². The average Bonchev–Trinajstić information content (AvgIpc) is 3.13. The lowest BCUT2D eigenvalue weighted by molar-refractivity contribution is -0.120. The Kier molecular flexibility index (Phi) is 8.74. The van der Waals surface area contributed by atoms with E-state index in [1.165, 1.54) is 5.56 Å². The molecule has 0 radical (unpaired) electrons. The fourth-order valence-electron chi connectivity index (χ4n) is 3.18. The molecule has 0 saturated carbocycles. The Bertz CT molecular complexity index is 821. The lowest BCUT2D eigenvalue weighted by atomic mass is 10.1. The van der Waals surface area contributed by atoms with Crippen molar-refractivity contribution in [2.75, 3.05) is 44.7 Å². The molecule has 1 saturated heterocycles. The van der Waals surface area contributed by atoms with Crippen LogP contribution in [0.25, 0.3) is 0 Å². The van der Waals surface area contributed by atoms with Gasteiger partial charge in [0, 0.05) is 39.4 Å². The van der Waals surface area contributed by atoms with Crippen molar-refractivity contribution in [3.05, 3.63) is 42.2 Å². The molecule has 2 heterocycles. The van der Waals surface area contributed by atoms with Crippen molar-refractivity contribution < 1.29 is 9.53 Å². The smallest absolute Gasteiger partial charge is 0.246 e. The molecule has 3 rings (SSSR count). The van der Waals surface area contributed by atoms with Crippen molar-refractivity contribution in [2.45, 2.75) is 13.3 Å². The average molecular weight is 512 g/mol. The lowest BCUT2D eigenvalue weighted by Crippen LogP contribution is -2.55. The van der Waals surface area contributed by atoms with Crippen molar-refractivity contribution >= 4 is 41.5 Å². The molecule has 0 aliphatic carbocycles. The molecule has 0 spiro atoms. The maximum atomic E-state index is 12.6. The SMILES string of the molecule is CCNC(=NCCc1ccc(OC)cc1)N1CCN(c2cnn(C)c2)C(=O)C1.I. The number of aryl methyl sites for hydroxylation is 1. The summed E-state index contributed by atoms with van der Waals surface area (Å²) in [7, 11) is 3.51. The van der Waals surface area contributed by atoms with Gasteiger partial charge in [-0.25, -0.2) is 0 Å². The summed E-state index contributed by atoms with van der Waals surface area (Å²) in [5, 5.41) is 7.46. The number of rotatable bonds is 6. The molecule has 0 atom stereocenters. The number of guanidine groups is 1. The van der Waals surface area contributed by atoms with Gasteiger partial charge in [0.15, 0.2) is 5.96 Å². The number of aliphatic imine (C=N–C) groups is 1. The first-order valence-electron chi connectivity index (χ1n) is 9.56. The van der Waals surface area contributed by atoms with E-state index in [9.17, 15) is 4.79 Å². The van der Waals surface area contributed by atoms with Gasteiger partial charge in [0.25, 0.3) is 0 Å². The van der Waals surface area contributed by atoms with Crippen molar-refractivity contribution in [3.8, 4) is 5.75 Å². The van der Waals surface area contributed by atoms with Crippen molar-refractivity contribution in [1.82, 2.24) is 20.0 Å². The minimum Gasteiger partial charge on any atom is -0.497 e. The fourth-order valence-corrected chi connectivity index (χ4v) is 3.18. The molecule has 158 valence electrons. The maximum Gasteiger partial charge on any atom is 0.246 e. The normalized spacial score (nSPS) is 14.6. The quantitative estimate of drug-likeness (QED) is 0.364. The van der Waals surface area contributed by atoms with Crippen LogP contribution in [0.2, 0.25) is 0 Å². The first-order chi connectivity index (χ1) is 13.6. The lowest BCUT2D eigenvalue weighted by Gasteiger charge is -2.35. The molecule has 1 aliphatic rings. The molecule has 9 heteroatoms. The Morgan fingerprint density at radius 2 is 2.03 bits per heavy atom. The maximum absolute atomic E-state index is 12.6. The molecule has 1 aromatic carbocycles. The predicted octanol–water partition coefficient (Wildman–Crippen LogP) is 1.90. The van der Waals surface area contributed by atoms with Crippen LogP contribution < -0.4 is 15.0 Å². The van der Waals surface area contributed by atoms with E-state index in [-0.39, 0.29) is 29.9 Å². The first kappa shape index (κ1) is 23.0. The third-order valence-electron chi connectivity index (χ3n) is 4.68. The molecule has 1 N–H and O–H groups in total. The number of halogens is 1. The number of nitrogens with one attached hydrogen (secondary N) is 1. The standard InChI is InChI=1S/C20H28N6O2.HI/c1-4-21-20(22-10-9-16-5-7-18(28-3)8-6-16)25-11-12-26(19(27)15-25)17-13-23-24(2)14-17;/h5-8,13-14H,4,9-12,15H2,1-3H3,(H,21,22);1H. The van der Waals surface area contributed by atoms with E-state index in [0.29, 0.717) is 19.6 Å². The van der Waals surface area contributed by atoms with Crippen LogP contribution >= 0.6 is 24.0 Å². The summed E-state index contributed by atoms with van der Waals surface area (Å²) in [6.45, 7) is 5.11. The van der Waals surface area contributed by atoms with Crippen LogP contribution in [0.5, 0.6) is 5.75 Å². The molecular formula is C20H29IN6O2. The van der Waals surface area contributed by atoms with Crippen molar-refractivity contribution in [1.29, 1.82) is 0 Å². The summed E-state index contributed by atoms with van der Waals surface area (Å²) in [6, 6.07) is 8.02. The molecule has 0 unspecified atom stereocenters. The number of ether oxygens (including phenoxy) is 1. The number of carbonyl (C=O) groups excluding carboxylic acids is 1. The van der Waals surface area contributed by atoms with Gasteiger partial charge in [-0.05, 0) is 31.0 Å². The zero-order valence-corrected chi connectivity index (χ0v) is 19.5.